The van der Waals surface area contributed by atoms with Gasteiger partial charge in [0.15, 0.2) is 0 Å². The Hall–Kier alpha value is -1.79. The number of nitrogens with one attached hydrogen (secondary N) is 1. The molecule has 2 rings (SSSR count). The molecule has 0 aliphatic rings. The Morgan fingerprint density at radius 2 is 2.21 bits per heavy atom. The highest BCUT2D eigenvalue weighted by Gasteiger charge is 2.05. The molecule has 0 bridgehead atoms. The molecule has 0 aromatic carbocycles. The van der Waals surface area contributed by atoms with Gasteiger partial charge in [0.25, 0.3) is 5.91 Å². The molecular weight excluding hydrogens is 262 g/mol. The molecule has 6 heteroatoms. The first-order valence-corrected chi connectivity index (χ1v) is 6.78. The predicted octanol–water partition coefficient (Wildman–Crippen LogP) is 1.66. The fraction of sp³-hybridized carbons (Fsp3) is 0.308. The summed E-state index contributed by atoms with van der Waals surface area (Å²) < 4.78 is 5.01. The average molecular weight is 277 g/mol. The second kappa shape index (κ2) is 6.96. The fourth-order valence-electron chi connectivity index (χ4n) is 1.56. The van der Waals surface area contributed by atoms with Crippen LogP contribution in [-0.2, 0) is 17.8 Å². The van der Waals surface area contributed by atoms with Crippen molar-refractivity contribution in [3.8, 4) is 0 Å². The Bertz CT molecular complexity index is 528. The zero-order valence-corrected chi connectivity index (χ0v) is 11.4. The third kappa shape index (κ3) is 4.11. The van der Waals surface area contributed by atoms with Crippen molar-refractivity contribution in [2.24, 2.45) is 0 Å². The number of methoxy groups -OCH3 is 1. The smallest absolute Gasteiger partial charge is 0.251 e. The van der Waals surface area contributed by atoms with Crippen LogP contribution in [0.1, 0.15) is 21.1 Å². The maximum absolute atomic E-state index is 11.8. The van der Waals surface area contributed by atoms with E-state index in [0.717, 1.165) is 17.1 Å². The van der Waals surface area contributed by atoms with E-state index in [1.165, 1.54) is 0 Å². The van der Waals surface area contributed by atoms with E-state index >= 15 is 0 Å². The summed E-state index contributed by atoms with van der Waals surface area (Å²) in [5.41, 5.74) is 1.60. The van der Waals surface area contributed by atoms with Gasteiger partial charge in [-0.15, -0.1) is 11.3 Å². The molecule has 0 saturated heterocycles. The molecular formula is C13H15N3O2S. The zero-order chi connectivity index (χ0) is 13.5. The van der Waals surface area contributed by atoms with Gasteiger partial charge in [-0.1, -0.05) is 0 Å². The molecule has 5 nitrogen and oxygen atoms in total. The predicted molar refractivity (Wildman–Crippen MR) is 73.1 cm³/mol. The third-order valence-corrected chi connectivity index (χ3v) is 3.35. The maximum atomic E-state index is 11.8. The SMILES string of the molecule is COCc1nc(CCNC(=O)c2ccncc2)cs1. The molecule has 0 atom stereocenters. The topological polar surface area (TPSA) is 64.1 Å². The first-order chi connectivity index (χ1) is 9.29. The third-order valence-electron chi connectivity index (χ3n) is 2.48. The molecule has 2 aromatic rings. The van der Waals surface area contributed by atoms with Crippen LogP contribution in [0.15, 0.2) is 29.9 Å². The molecule has 1 amide bonds. The van der Waals surface area contributed by atoms with Crippen molar-refractivity contribution in [3.63, 3.8) is 0 Å². The number of hydrogen-bond acceptors (Lipinski definition) is 5. The number of ether oxygens (including phenoxy) is 1. The summed E-state index contributed by atoms with van der Waals surface area (Å²) in [7, 11) is 1.65. The van der Waals surface area contributed by atoms with E-state index in [-0.39, 0.29) is 5.91 Å². The van der Waals surface area contributed by atoms with Gasteiger partial charge in [-0.05, 0) is 12.1 Å². The normalized spacial score (nSPS) is 10.4. The van der Waals surface area contributed by atoms with Crippen molar-refractivity contribution < 1.29 is 9.53 Å². The van der Waals surface area contributed by atoms with Gasteiger partial charge in [0.1, 0.15) is 5.01 Å². The number of nitrogens with zero attached hydrogens (tertiary/aromatic N) is 2. The number of pyridine rings is 1. The lowest BCUT2D eigenvalue weighted by Crippen LogP contribution is -2.25. The first kappa shape index (κ1) is 13.6. The monoisotopic (exact) mass is 277 g/mol. The number of thiazole rings is 1. The van der Waals surface area contributed by atoms with E-state index in [4.69, 9.17) is 4.74 Å². The second-order valence-corrected chi connectivity index (χ2v) is 4.85. The number of carbonyl (C=O) groups excluding carboxylic acids is 1. The lowest BCUT2D eigenvalue weighted by molar-refractivity contribution is 0.0954. The lowest BCUT2D eigenvalue weighted by Gasteiger charge is -2.03. The molecule has 0 aliphatic heterocycles. The minimum atomic E-state index is -0.0882. The molecule has 2 aromatic heterocycles. The molecule has 2 heterocycles. The number of rotatable bonds is 6. The summed E-state index contributed by atoms with van der Waals surface area (Å²) >= 11 is 1.57. The molecule has 0 aliphatic carbocycles. The summed E-state index contributed by atoms with van der Waals surface area (Å²) in [4.78, 5) is 20.0. The summed E-state index contributed by atoms with van der Waals surface area (Å²) in [6, 6.07) is 3.38. The van der Waals surface area contributed by atoms with Crippen molar-refractivity contribution in [2.75, 3.05) is 13.7 Å². The van der Waals surface area contributed by atoms with E-state index in [9.17, 15) is 4.79 Å². The maximum Gasteiger partial charge on any atom is 0.251 e. The molecule has 0 radical (unpaired) electrons. The average Bonchev–Trinajstić information content (AvgIpc) is 2.88. The molecule has 1 N–H and O–H groups in total. The molecule has 100 valence electrons. The largest absolute Gasteiger partial charge is 0.378 e. The number of amides is 1. The van der Waals surface area contributed by atoms with Crippen LogP contribution in [0.25, 0.3) is 0 Å². The van der Waals surface area contributed by atoms with E-state index in [1.54, 1.807) is 43.0 Å². The van der Waals surface area contributed by atoms with Crippen molar-refractivity contribution in [1.82, 2.24) is 15.3 Å². The van der Waals surface area contributed by atoms with Crippen LogP contribution < -0.4 is 5.32 Å². The van der Waals surface area contributed by atoms with Crippen molar-refractivity contribution in [2.45, 2.75) is 13.0 Å². The summed E-state index contributed by atoms with van der Waals surface area (Å²) in [5, 5.41) is 5.80. The molecule has 0 spiro atoms. The van der Waals surface area contributed by atoms with Gasteiger partial charge in [-0.25, -0.2) is 4.98 Å². The Morgan fingerprint density at radius 3 is 2.95 bits per heavy atom. The standard InChI is InChI=1S/C13H15N3O2S/c1-18-8-12-16-11(9-19-12)4-7-15-13(17)10-2-5-14-6-3-10/h2-3,5-6,9H,4,7-8H2,1H3,(H,15,17). The van der Waals surface area contributed by atoms with Gasteiger partial charge in [0.2, 0.25) is 0 Å². The first-order valence-electron chi connectivity index (χ1n) is 5.90. The zero-order valence-electron chi connectivity index (χ0n) is 10.6. The summed E-state index contributed by atoms with van der Waals surface area (Å²) in [6.45, 7) is 1.10. The van der Waals surface area contributed by atoms with Crippen molar-refractivity contribution >= 4 is 17.2 Å². The molecule has 0 fully saturated rings. The molecule has 0 unspecified atom stereocenters. The van der Waals surface area contributed by atoms with Crippen LogP contribution in [0.4, 0.5) is 0 Å². The fourth-order valence-corrected chi connectivity index (χ4v) is 2.36. The second-order valence-electron chi connectivity index (χ2n) is 3.91. The minimum Gasteiger partial charge on any atom is -0.378 e. The number of hydrogen-bond donors (Lipinski definition) is 1. The highest BCUT2D eigenvalue weighted by Crippen LogP contribution is 2.10. The van der Waals surface area contributed by atoms with Gasteiger partial charge in [-0.2, -0.15) is 0 Å². The number of aromatic nitrogens is 2. The van der Waals surface area contributed by atoms with Gasteiger partial charge in [0.05, 0.1) is 12.3 Å². The van der Waals surface area contributed by atoms with Gasteiger partial charge < -0.3 is 10.1 Å². The van der Waals surface area contributed by atoms with E-state index < -0.39 is 0 Å². The van der Waals surface area contributed by atoms with Gasteiger partial charge >= 0.3 is 0 Å². The van der Waals surface area contributed by atoms with Gasteiger partial charge in [0, 0.05) is 43.4 Å². The number of carbonyl (C=O) groups is 1. The van der Waals surface area contributed by atoms with Crippen LogP contribution in [0.5, 0.6) is 0 Å². The Labute approximate surface area is 115 Å². The summed E-state index contributed by atoms with van der Waals surface area (Å²) in [6.07, 6.45) is 3.93. The summed E-state index contributed by atoms with van der Waals surface area (Å²) in [5.74, 6) is -0.0882. The quantitative estimate of drug-likeness (QED) is 0.872. The van der Waals surface area contributed by atoms with Gasteiger partial charge in [-0.3, -0.25) is 9.78 Å². The van der Waals surface area contributed by atoms with Crippen LogP contribution in [0.3, 0.4) is 0 Å². The minimum absolute atomic E-state index is 0.0882. The lowest BCUT2D eigenvalue weighted by atomic mass is 10.2. The van der Waals surface area contributed by atoms with Crippen LogP contribution >= 0.6 is 11.3 Å². The van der Waals surface area contributed by atoms with Crippen LogP contribution in [-0.4, -0.2) is 29.5 Å². The Kier molecular flexibility index (Phi) is 5.00. The van der Waals surface area contributed by atoms with Crippen LogP contribution in [0.2, 0.25) is 0 Å². The Morgan fingerprint density at radius 1 is 1.42 bits per heavy atom. The van der Waals surface area contributed by atoms with Crippen molar-refractivity contribution in [1.29, 1.82) is 0 Å². The van der Waals surface area contributed by atoms with E-state index in [1.807, 2.05) is 5.38 Å². The highest BCUT2D eigenvalue weighted by molar-refractivity contribution is 7.09. The molecule has 19 heavy (non-hydrogen) atoms. The highest BCUT2D eigenvalue weighted by atomic mass is 32.1. The van der Waals surface area contributed by atoms with E-state index in [0.29, 0.717) is 18.7 Å². The van der Waals surface area contributed by atoms with E-state index in [2.05, 4.69) is 15.3 Å². The van der Waals surface area contributed by atoms with Crippen molar-refractivity contribution in [3.05, 3.63) is 46.2 Å². The molecule has 0 saturated carbocycles. The Balaban J connectivity index is 1.78. The van der Waals surface area contributed by atoms with Crippen LogP contribution in [0, 0.1) is 0 Å².